The molecule has 4 rings (SSSR count). The summed E-state index contributed by atoms with van der Waals surface area (Å²) in [4.78, 5) is 25.7. The van der Waals surface area contributed by atoms with Crippen LogP contribution in [-0.2, 0) is 0 Å². The van der Waals surface area contributed by atoms with Crippen LogP contribution in [0.2, 0.25) is 0 Å². The monoisotopic (exact) mass is 468 g/mol. The number of aliphatic hydroxyl groups is 2. The quantitative estimate of drug-likeness (QED) is 0.341. The van der Waals surface area contributed by atoms with Crippen LogP contribution in [0.5, 0.6) is 0 Å². The van der Waals surface area contributed by atoms with Gasteiger partial charge in [0.1, 0.15) is 12.0 Å². The molecule has 0 bridgehead atoms. The normalized spacial score (nSPS) is 19.1. The average Bonchev–Trinajstić information content (AvgIpc) is 3.21. The summed E-state index contributed by atoms with van der Waals surface area (Å²) in [5.74, 6) is -0.0449. The zero-order valence-corrected chi connectivity index (χ0v) is 19.1. The van der Waals surface area contributed by atoms with Crippen molar-refractivity contribution in [1.29, 1.82) is 0 Å². The second-order valence-electron chi connectivity index (χ2n) is 9.08. The number of carbonyl (C=O) groups is 1. The number of fused-ring (bicyclic) bond motifs is 1. The third kappa shape index (κ3) is 5.57. The van der Waals surface area contributed by atoms with Gasteiger partial charge in [-0.05, 0) is 51.3 Å². The number of alkyl halides is 1. The van der Waals surface area contributed by atoms with Gasteiger partial charge in [0.25, 0.3) is 5.91 Å². The van der Waals surface area contributed by atoms with Crippen molar-refractivity contribution in [2.75, 3.05) is 17.2 Å². The van der Waals surface area contributed by atoms with Crippen LogP contribution in [0.15, 0.2) is 42.9 Å². The van der Waals surface area contributed by atoms with E-state index < -0.39 is 23.8 Å². The van der Waals surface area contributed by atoms with E-state index in [1.807, 2.05) is 18.2 Å². The fourth-order valence-electron chi connectivity index (χ4n) is 3.85. The SMILES string of the molecule is CC(C)(O)[C@H](F)CNC(=O)c1cnc(Nc2ccc3nccnc3c2)cc1N[C@@H]1CCC[C@H]1O. The van der Waals surface area contributed by atoms with Crippen molar-refractivity contribution in [3.05, 3.63) is 48.4 Å². The highest BCUT2D eigenvalue weighted by Crippen LogP contribution is 2.28. The van der Waals surface area contributed by atoms with E-state index in [9.17, 15) is 19.4 Å². The molecule has 0 saturated heterocycles. The molecular weight excluding hydrogens is 439 g/mol. The number of amides is 1. The molecule has 3 atom stereocenters. The standard InChI is InChI=1S/C24H29FN6O3/c1-24(2,34)21(25)13-29-23(33)15-12-28-22(11-18(15)31-17-4-3-5-20(17)32)30-14-6-7-16-19(10-14)27-9-8-26-16/h6-12,17,20-21,32,34H,3-5,13H2,1-2H3,(H,29,33)(H2,28,30,31)/t17-,20-,21-/m1/s1. The molecule has 1 aromatic carbocycles. The van der Waals surface area contributed by atoms with E-state index >= 15 is 0 Å². The largest absolute Gasteiger partial charge is 0.391 e. The summed E-state index contributed by atoms with van der Waals surface area (Å²) < 4.78 is 14.1. The van der Waals surface area contributed by atoms with Gasteiger partial charge in [-0.25, -0.2) is 9.37 Å². The van der Waals surface area contributed by atoms with Crippen molar-refractivity contribution in [2.24, 2.45) is 0 Å². The number of nitrogens with zero attached hydrogens (tertiary/aromatic N) is 3. The molecule has 34 heavy (non-hydrogen) atoms. The summed E-state index contributed by atoms with van der Waals surface area (Å²) in [6.45, 7) is 2.35. The Kier molecular flexibility index (Phi) is 6.90. The van der Waals surface area contributed by atoms with Crippen LogP contribution in [0.3, 0.4) is 0 Å². The number of rotatable bonds is 8. The molecule has 0 spiro atoms. The van der Waals surface area contributed by atoms with Crippen LogP contribution in [0.1, 0.15) is 43.5 Å². The molecular formula is C24H29FN6O3. The molecule has 0 aliphatic heterocycles. The second kappa shape index (κ2) is 9.86. The maximum atomic E-state index is 14.1. The first-order valence-electron chi connectivity index (χ1n) is 11.3. The first-order valence-corrected chi connectivity index (χ1v) is 11.3. The second-order valence-corrected chi connectivity index (χ2v) is 9.08. The van der Waals surface area contributed by atoms with E-state index in [4.69, 9.17) is 0 Å². The maximum absolute atomic E-state index is 14.1. The molecule has 1 aliphatic rings. The Morgan fingerprint density at radius 1 is 1.18 bits per heavy atom. The van der Waals surface area contributed by atoms with Gasteiger partial charge in [0.15, 0.2) is 0 Å². The van der Waals surface area contributed by atoms with E-state index in [0.29, 0.717) is 17.9 Å². The van der Waals surface area contributed by atoms with Gasteiger partial charge >= 0.3 is 0 Å². The van der Waals surface area contributed by atoms with Gasteiger partial charge in [-0.1, -0.05) is 0 Å². The van der Waals surface area contributed by atoms with Gasteiger partial charge in [-0.15, -0.1) is 0 Å². The van der Waals surface area contributed by atoms with Crippen LogP contribution >= 0.6 is 0 Å². The topological polar surface area (TPSA) is 132 Å². The number of anilines is 3. The summed E-state index contributed by atoms with van der Waals surface area (Å²) >= 11 is 0. The van der Waals surface area contributed by atoms with Crippen LogP contribution in [-0.4, -0.2) is 61.5 Å². The highest BCUT2D eigenvalue weighted by atomic mass is 19.1. The molecule has 1 saturated carbocycles. The number of nitrogens with one attached hydrogen (secondary N) is 3. The minimum absolute atomic E-state index is 0.206. The molecule has 0 unspecified atom stereocenters. The van der Waals surface area contributed by atoms with Crippen molar-refractivity contribution in [1.82, 2.24) is 20.3 Å². The summed E-state index contributed by atoms with van der Waals surface area (Å²) in [5.41, 5.74) is 1.36. The highest BCUT2D eigenvalue weighted by molar-refractivity contribution is 6.00. The van der Waals surface area contributed by atoms with Gasteiger partial charge in [0.2, 0.25) is 0 Å². The predicted molar refractivity (Wildman–Crippen MR) is 128 cm³/mol. The molecule has 10 heteroatoms. The lowest BCUT2D eigenvalue weighted by Crippen LogP contribution is -2.42. The number of aromatic nitrogens is 3. The van der Waals surface area contributed by atoms with Crippen molar-refractivity contribution >= 4 is 34.1 Å². The van der Waals surface area contributed by atoms with Gasteiger partial charge < -0.3 is 26.2 Å². The Balaban J connectivity index is 1.57. The summed E-state index contributed by atoms with van der Waals surface area (Å²) in [7, 11) is 0. The maximum Gasteiger partial charge on any atom is 0.255 e. The first-order chi connectivity index (χ1) is 16.2. The molecule has 3 aromatic rings. The van der Waals surface area contributed by atoms with Gasteiger partial charge in [-0.3, -0.25) is 14.8 Å². The summed E-state index contributed by atoms with van der Waals surface area (Å²) in [6, 6.07) is 7.02. The Hall–Kier alpha value is -3.37. The Morgan fingerprint density at radius 2 is 1.94 bits per heavy atom. The molecule has 2 heterocycles. The van der Waals surface area contributed by atoms with E-state index in [1.165, 1.54) is 20.0 Å². The molecule has 1 fully saturated rings. The fraction of sp³-hybridized carbons (Fsp3) is 0.417. The van der Waals surface area contributed by atoms with Gasteiger partial charge in [-0.2, -0.15) is 0 Å². The number of pyridine rings is 1. The van der Waals surface area contributed by atoms with Crippen molar-refractivity contribution in [2.45, 2.75) is 57.0 Å². The van der Waals surface area contributed by atoms with Gasteiger partial charge in [0.05, 0.1) is 46.6 Å². The molecule has 1 aliphatic carbocycles. The third-order valence-electron chi connectivity index (χ3n) is 5.92. The van der Waals surface area contributed by atoms with Gasteiger partial charge in [0, 0.05) is 30.3 Å². The van der Waals surface area contributed by atoms with Crippen LogP contribution in [0, 0.1) is 0 Å². The smallest absolute Gasteiger partial charge is 0.255 e. The minimum Gasteiger partial charge on any atom is -0.391 e. The molecule has 1 amide bonds. The third-order valence-corrected chi connectivity index (χ3v) is 5.92. The minimum atomic E-state index is -1.63. The van der Waals surface area contributed by atoms with Crippen LogP contribution < -0.4 is 16.0 Å². The van der Waals surface area contributed by atoms with Crippen LogP contribution in [0.4, 0.5) is 21.6 Å². The van der Waals surface area contributed by atoms with E-state index in [-0.39, 0.29) is 18.2 Å². The lowest BCUT2D eigenvalue weighted by atomic mass is 10.0. The number of halogens is 1. The number of hydrogen-bond acceptors (Lipinski definition) is 8. The summed E-state index contributed by atoms with van der Waals surface area (Å²) in [5, 5.41) is 29.0. The molecule has 2 aromatic heterocycles. The first kappa shape index (κ1) is 23.8. The number of carbonyl (C=O) groups excluding carboxylic acids is 1. The lowest BCUT2D eigenvalue weighted by Gasteiger charge is -2.23. The highest BCUT2D eigenvalue weighted by Gasteiger charge is 2.29. The van der Waals surface area contributed by atoms with Crippen molar-refractivity contribution in [3.63, 3.8) is 0 Å². The number of hydrogen-bond donors (Lipinski definition) is 5. The average molecular weight is 469 g/mol. The predicted octanol–water partition coefficient (Wildman–Crippen LogP) is 2.93. The van der Waals surface area contributed by atoms with E-state index in [2.05, 4.69) is 30.9 Å². The van der Waals surface area contributed by atoms with Crippen LogP contribution in [0.25, 0.3) is 11.0 Å². The van der Waals surface area contributed by atoms with E-state index in [1.54, 1.807) is 18.5 Å². The Bertz CT molecular complexity index is 1170. The molecule has 0 radical (unpaired) electrons. The van der Waals surface area contributed by atoms with E-state index in [0.717, 1.165) is 29.6 Å². The summed E-state index contributed by atoms with van der Waals surface area (Å²) in [6.07, 6.45) is 4.82. The molecule has 180 valence electrons. The molecule has 5 N–H and O–H groups in total. The number of aliphatic hydroxyl groups excluding tert-OH is 1. The zero-order chi connectivity index (χ0) is 24.3. The zero-order valence-electron chi connectivity index (χ0n) is 19.1. The number of benzene rings is 1. The van der Waals surface area contributed by atoms with Crippen molar-refractivity contribution < 1.29 is 19.4 Å². The van der Waals surface area contributed by atoms with Crippen molar-refractivity contribution in [3.8, 4) is 0 Å². The lowest BCUT2D eigenvalue weighted by molar-refractivity contribution is -0.00177. The fourth-order valence-corrected chi connectivity index (χ4v) is 3.85. The Morgan fingerprint density at radius 3 is 2.65 bits per heavy atom. The Labute approximate surface area is 196 Å². The molecule has 9 nitrogen and oxygen atoms in total.